The smallest absolute Gasteiger partial charge is 0.251 e. The summed E-state index contributed by atoms with van der Waals surface area (Å²) in [5.74, 6) is 0.212. The molecule has 2 fully saturated rings. The standard InChI is InChI=1S/C23H27N3O4S/c27-22-7-4-14-26(22)20-10-8-19(9-11-20)23(28)24-17-18-12-15-25(16-13-18)31(29,30)21-5-2-1-3-6-21/h1-3,5-6,8-11,18H,4,7,12-17H2,(H,24,28). The van der Waals surface area contributed by atoms with E-state index in [0.29, 0.717) is 49.4 Å². The average molecular weight is 442 g/mol. The number of hydrogen-bond acceptors (Lipinski definition) is 4. The van der Waals surface area contributed by atoms with Gasteiger partial charge in [-0.25, -0.2) is 8.42 Å². The van der Waals surface area contributed by atoms with Crippen LogP contribution in [-0.4, -0.2) is 50.7 Å². The summed E-state index contributed by atoms with van der Waals surface area (Å²) in [6.07, 6.45) is 2.87. The predicted octanol–water partition coefficient (Wildman–Crippen LogP) is 2.64. The van der Waals surface area contributed by atoms with Crippen molar-refractivity contribution in [3.63, 3.8) is 0 Å². The number of nitrogens with one attached hydrogen (secondary N) is 1. The van der Waals surface area contributed by atoms with Gasteiger partial charge in [-0.15, -0.1) is 0 Å². The van der Waals surface area contributed by atoms with Crippen LogP contribution in [0.1, 0.15) is 36.0 Å². The highest BCUT2D eigenvalue weighted by Gasteiger charge is 2.29. The molecule has 2 aromatic carbocycles. The third kappa shape index (κ3) is 4.80. The zero-order valence-corrected chi connectivity index (χ0v) is 18.2. The summed E-state index contributed by atoms with van der Waals surface area (Å²) in [4.78, 5) is 26.4. The van der Waals surface area contributed by atoms with Gasteiger partial charge in [0.05, 0.1) is 4.90 Å². The van der Waals surface area contributed by atoms with Crippen molar-refractivity contribution in [1.82, 2.24) is 9.62 Å². The van der Waals surface area contributed by atoms with E-state index in [1.54, 1.807) is 47.4 Å². The van der Waals surface area contributed by atoms with Gasteiger partial charge >= 0.3 is 0 Å². The first-order valence-corrected chi connectivity index (χ1v) is 12.1. The molecule has 0 bridgehead atoms. The van der Waals surface area contributed by atoms with E-state index in [1.165, 1.54) is 4.31 Å². The first-order chi connectivity index (χ1) is 14.9. The van der Waals surface area contributed by atoms with Gasteiger partial charge in [0.25, 0.3) is 5.91 Å². The first kappa shape index (κ1) is 21.5. The Labute approximate surface area is 183 Å². The van der Waals surface area contributed by atoms with Gasteiger partial charge in [-0.05, 0) is 61.6 Å². The van der Waals surface area contributed by atoms with Crippen molar-refractivity contribution in [2.24, 2.45) is 5.92 Å². The van der Waals surface area contributed by atoms with Crippen molar-refractivity contribution in [3.8, 4) is 0 Å². The van der Waals surface area contributed by atoms with E-state index in [1.807, 2.05) is 12.1 Å². The second kappa shape index (κ2) is 9.20. The summed E-state index contributed by atoms with van der Waals surface area (Å²) in [7, 11) is -3.46. The van der Waals surface area contributed by atoms with Gasteiger partial charge < -0.3 is 10.2 Å². The highest BCUT2D eigenvalue weighted by atomic mass is 32.2. The topological polar surface area (TPSA) is 86.8 Å². The molecular weight excluding hydrogens is 414 g/mol. The molecule has 0 radical (unpaired) electrons. The number of rotatable bonds is 6. The molecule has 2 heterocycles. The lowest BCUT2D eigenvalue weighted by Gasteiger charge is -2.31. The number of anilines is 1. The van der Waals surface area contributed by atoms with Gasteiger partial charge in [0.1, 0.15) is 0 Å². The van der Waals surface area contributed by atoms with E-state index >= 15 is 0 Å². The van der Waals surface area contributed by atoms with Crippen molar-refractivity contribution in [2.45, 2.75) is 30.6 Å². The third-order valence-corrected chi connectivity index (χ3v) is 7.93. The Morgan fingerprint density at radius 3 is 2.26 bits per heavy atom. The number of carbonyl (C=O) groups excluding carboxylic acids is 2. The van der Waals surface area contributed by atoms with Crippen LogP contribution < -0.4 is 10.2 Å². The normalized spacial score (nSPS) is 18.3. The van der Waals surface area contributed by atoms with E-state index in [9.17, 15) is 18.0 Å². The van der Waals surface area contributed by atoms with E-state index in [4.69, 9.17) is 0 Å². The number of piperidine rings is 1. The molecule has 8 heteroatoms. The van der Waals surface area contributed by atoms with Crippen LogP contribution in [0.15, 0.2) is 59.5 Å². The van der Waals surface area contributed by atoms with Gasteiger partial charge in [-0.3, -0.25) is 9.59 Å². The van der Waals surface area contributed by atoms with Crippen LogP contribution in [-0.2, 0) is 14.8 Å². The lowest BCUT2D eigenvalue weighted by atomic mass is 9.98. The van der Waals surface area contributed by atoms with Crippen LogP contribution in [0.4, 0.5) is 5.69 Å². The molecule has 2 saturated heterocycles. The van der Waals surface area contributed by atoms with Gasteiger partial charge in [0.15, 0.2) is 0 Å². The molecule has 0 unspecified atom stereocenters. The summed E-state index contributed by atoms with van der Waals surface area (Å²) in [6, 6.07) is 15.6. The maximum atomic E-state index is 12.7. The molecule has 0 aromatic heterocycles. The fraction of sp³-hybridized carbons (Fsp3) is 0.391. The Balaban J connectivity index is 1.27. The van der Waals surface area contributed by atoms with Crippen molar-refractivity contribution in [1.29, 1.82) is 0 Å². The minimum Gasteiger partial charge on any atom is -0.352 e. The zero-order valence-electron chi connectivity index (χ0n) is 17.4. The highest BCUT2D eigenvalue weighted by Crippen LogP contribution is 2.24. The molecule has 2 amide bonds. The van der Waals surface area contributed by atoms with Crippen molar-refractivity contribution in [2.75, 3.05) is 31.1 Å². The maximum absolute atomic E-state index is 12.7. The summed E-state index contributed by atoms with van der Waals surface area (Å²) >= 11 is 0. The van der Waals surface area contributed by atoms with Gasteiger partial charge in [-0.1, -0.05) is 18.2 Å². The minimum atomic E-state index is -3.46. The van der Waals surface area contributed by atoms with Crippen molar-refractivity contribution in [3.05, 3.63) is 60.2 Å². The fourth-order valence-corrected chi connectivity index (χ4v) is 5.64. The molecule has 2 aliphatic rings. The molecule has 4 rings (SSSR count). The third-order valence-electron chi connectivity index (χ3n) is 6.02. The Hall–Kier alpha value is -2.71. The van der Waals surface area contributed by atoms with E-state index in [-0.39, 0.29) is 17.7 Å². The summed E-state index contributed by atoms with van der Waals surface area (Å²) in [5, 5.41) is 2.96. The molecule has 0 aliphatic carbocycles. The number of carbonyl (C=O) groups is 2. The zero-order chi connectivity index (χ0) is 21.8. The van der Waals surface area contributed by atoms with Crippen LogP contribution >= 0.6 is 0 Å². The average Bonchev–Trinajstić information content (AvgIpc) is 3.24. The van der Waals surface area contributed by atoms with Crippen molar-refractivity contribution < 1.29 is 18.0 Å². The number of nitrogens with zero attached hydrogens (tertiary/aromatic N) is 2. The Kier molecular flexibility index (Phi) is 6.38. The van der Waals surface area contributed by atoms with E-state index in [0.717, 1.165) is 18.7 Å². The lowest BCUT2D eigenvalue weighted by Crippen LogP contribution is -2.41. The molecule has 0 spiro atoms. The van der Waals surface area contributed by atoms with E-state index < -0.39 is 10.0 Å². The molecule has 0 atom stereocenters. The summed E-state index contributed by atoms with van der Waals surface area (Å²) in [6.45, 7) is 2.15. The van der Waals surface area contributed by atoms with Gasteiger partial charge in [0.2, 0.25) is 15.9 Å². The van der Waals surface area contributed by atoms with Crippen molar-refractivity contribution >= 4 is 27.5 Å². The number of benzene rings is 2. The second-order valence-electron chi connectivity index (χ2n) is 8.07. The molecule has 2 aromatic rings. The molecule has 1 N–H and O–H groups in total. The predicted molar refractivity (Wildman–Crippen MR) is 118 cm³/mol. The number of sulfonamides is 1. The fourth-order valence-electron chi connectivity index (χ4n) is 4.15. The van der Waals surface area contributed by atoms with Crippen LogP contribution in [0.3, 0.4) is 0 Å². The van der Waals surface area contributed by atoms with Gasteiger partial charge in [-0.2, -0.15) is 4.31 Å². The Morgan fingerprint density at radius 1 is 0.968 bits per heavy atom. The quantitative estimate of drug-likeness (QED) is 0.747. The molecular formula is C23H27N3O4S. The summed E-state index contributed by atoms with van der Waals surface area (Å²) < 4.78 is 27.0. The number of amides is 2. The van der Waals surface area contributed by atoms with Gasteiger partial charge in [0, 0.05) is 43.9 Å². The Bertz CT molecular complexity index is 1030. The SMILES string of the molecule is O=C(NCC1CCN(S(=O)(=O)c2ccccc2)CC1)c1ccc(N2CCCC2=O)cc1. The monoisotopic (exact) mass is 441 g/mol. The number of hydrogen-bond donors (Lipinski definition) is 1. The largest absolute Gasteiger partial charge is 0.352 e. The van der Waals surface area contributed by atoms with Crippen LogP contribution in [0, 0.1) is 5.92 Å². The summed E-state index contributed by atoms with van der Waals surface area (Å²) in [5.41, 5.74) is 1.38. The minimum absolute atomic E-state index is 0.123. The molecule has 164 valence electrons. The van der Waals surface area contributed by atoms with Crippen LogP contribution in [0.5, 0.6) is 0 Å². The Morgan fingerprint density at radius 2 is 1.65 bits per heavy atom. The first-order valence-electron chi connectivity index (χ1n) is 10.7. The molecule has 7 nitrogen and oxygen atoms in total. The van der Waals surface area contributed by atoms with E-state index in [2.05, 4.69) is 5.32 Å². The molecule has 31 heavy (non-hydrogen) atoms. The van der Waals surface area contributed by atoms with Crippen LogP contribution in [0.2, 0.25) is 0 Å². The lowest BCUT2D eigenvalue weighted by molar-refractivity contribution is -0.117. The highest BCUT2D eigenvalue weighted by molar-refractivity contribution is 7.89. The van der Waals surface area contributed by atoms with Crippen LogP contribution in [0.25, 0.3) is 0 Å². The maximum Gasteiger partial charge on any atom is 0.251 e. The molecule has 0 saturated carbocycles. The molecule has 2 aliphatic heterocycles. The second-order valence-corrected chi connectivity index (χ2v) is 10.0.